The van der Waals surface area contributed by atoms with Gasteiger partial charge in [0.05, 0.1) is 0 Å². The number of allylic oxidation sites excluding steroid dienone is 1. The molecule has 0 radical (unpaired) electrons. The van der Waals surface area contributed by atoms with Crippen LogP contribution in [0.5, 0.6) is 0 Å². The van der Waals surface area contributed by atoms with E-state index in [1.54, 1.807) is 0 Å². The van der Waals surface area contributed by atoms with E-state index in [0.717, 1.165) is 29.8 Å². The lowest BCUT2D eigenvalue weighted by Crippen LogP contribution is -2.14. The van der Waals surface area contributed by atoms with Crippen LogP contribution in [0.25, 0.3) is 5.57 Å². The molecule has 0 saturated carbocycles. The number of hydrogen-bond acceptors (Lipinski definition) is 2. The molecule has 0 spiro atoms. The van der Waals surface area contributed by atoms with E-state index in [2.05, 4.69) is 18.0 Å². The van der Waals surface area contributed by atoms with Gasteiger partial charge in [0.1, 0.15) is 0 Å². The molecule has 0 atom stereocenters. The summed E-state index contributed by atoms with van der Waals surface area (Å²) in [5.41, 5.74) is 11.5. The lowest BCUT2D eigenvalue weighted by molar-refractivity contribution is 0.829. The zero-order valence-electron chi connectivity index (χ0n) is 8.56. The fraction of sp³-hybridized carbons (Fsp3) is 0.333. The van der Waals surface area contributed by atoms with E-state index in [9.17, 15) is 0 Å². The van der Waals surface area contributed by atoms with Crippen molar-refractivity contribution < 1.29 is 0 Å². The molecule has 14 heavy (non-hydrogen) atoms. The number of nitrogens with one attached hydrogen (secondary N) is 1. The van der Waals surface area contributed by atoms with Gasteiger partial charge >= 0.3 is 0 Å². The quantitative estimate of drug-likeness (QED) is 0.665. The Bertz CT molecular complexity index is 380. The highest BCUT2D eigenvalue weighted by Gasteiger charge is 2.14. The van der Waals surface area contributed by atoms with Gasteiger partial charge in [0.2, 0.25) is 0 Å². The molecule has 0 amide bonds. The second-order valence-electron chi connectivity index (χ2n) is 3.87. The Hall–Kier alpha value is -1.44. The van der Waals surface area contributed by atoms with Crippen molar-refractivity contribution in [2.24, 2.45) is 0 Å². The van der Waals surface area contributed by atoms with E-state index in [1.807, 2.05) is 13.0 Å². The van der Waals surface area contributed by atoms with Crippen LogP contribution in [0.1, 0.15) is 24.5 Å². The number of nitrogens with two attached hydrogens (primary N) is 1. The van der Waals surface area contributed by atoms with Gasteiger partial charge in [-0.2, -0.15) is 0 Å². The number of anilines is 2. The van der Waals surface area contributed by atoms with Crippen LogP contribution >= 0.6 is 0 Å². The summed E-state index contributed by atoms with van der Waals surface area (Å²) in [4.78, 5) is 0. The fourth-order valence-corrected chi connectivity index (χ4v) is 2.02. The largest absolute Gasteiger partial charge is 0.398 e. The van der Waals surface area contributed by atoms with Crippen LogP contribution in [-0.2, 0) is 6.42 Å². The summed E-state index contributed by atoms with van der Waals surface area (Å²) < 4.78 is 0. The molecule has 3 N–H and O–H groups in total. The van der Waals surface area contributed by atoms with Gasteiger partial charge in [0.15, 0.2) is 0 Å². The summed E-state index contributed by atoms with van der Waals surface area (Å²) in [6, 6.07) is 4.10. The maximum Gasteiger partial charge on any atom is 0.0469 e. The molecule has 0 aliphatic carbocycles. The minimum absolute atomic E-state index is 0.825. The number of fused-ring (bicyclic) bond motifs is 1. The summed E-state index contributed by atoms with van der Waals surface area (Å²) in [6.07, 6.45) is 2.34. The average Bonchev–Trinajstić information content (AvgIpc) is 2.17. The van der Waals surface area contributed by atoms with Crippen molar-refractivity contribution in [3.05, 3.63) is 29.8 Å². The lowest BCUT2D eigenvalue weighted by atomic mass is 9.95. The molecule has 0 saturated heterocycles. The molecule has 0 fully saturated rings. The Balaban J connectivity index is 2.60. The Kier molecular flexibility index (Phi) is 2.20. The summed E-state index contributed by atoms with van der Waals surface area (Å²) in [5, 5.41) is 3.41. The van der Waals surface area contributed by atoms with Crippen molar-refractivity contribution in [1.29, 1.82) is 0 Å². The molecular formula is C12H16N2. The van der Waals surface area contributed by atoms with Crippen LogP contribution in [-0.4, -0.2) is 6.54 Å². The normalized spacial score (nSPS) is 14.4. The maximum atomic E-state index is 5.94. The molecule has 1 aromatic carbocycles. The first-order valence-electron chi connectivity index (χ1n) is 5.01. The van der Waals surface area contributed by atoms with Crippen LogP contribution in [0.2, 0.25) is 0 Å². The van der Waals surface area contributed by atoms with Gasteiger partial charge < -0.3 is 11.1 Å². The Morgan fingerprint density at radius 2 is 2.29 bits per heavy atom. The summed E-state index contributed by atoms with van der Waals surface area (Å²) in [6.45, 7) is 7.01. The summed E-state index contributed by atoms with van der Waals surface area (Å²) in [7, 11) is 0. The molecule has 1 aliphatic heterocycles. The highest BCUT2D eigenvalue weighted by atomic mass is 14.9. The highest BCUT2D eigenvalue weighted by Crippen LogP contribution is 2.34. The second kappa shape index (κ2) is 3.37. The third kappa shape index (κ3) is 1.37. The zero-order chi connectivity index (χ0) is 10.1. The molecule has 1 heterocycles. The predicted octanol–water partition coefficient (Wildman–Crippen LogP) is 2.66. The maximum absolute atomic E-state index is 5.94. The van der Waals surface area contributed by atoms with Crippen molar-refractivity contribution in [2.75, 3.05) is 17.6 Å². The van der Waals surface area contributed by atoms with Crippen molar-refractivity contribution in [3.63, 3.8) is 0 Å². The number of rotatable bonds is 1. The number of benzene rings is 1. The molecule has 0 aromatic heterocycles. The smallest absolute Gasteiger partial charge is 0.0469 e. The molecule has 1 aromatic rings. The number of hydrogen-bond donors (Lipinski definition) is 2. The summed E-state index contributed by atoms with van der Waals surface area (Å²) >= 11 is 0. The molecule has 2 nitrogen and oxygen atoms in total. The third-order valence-corrected chi connectivity index (χ3v) is 2.68. The van der Waals surface area contributed by atoms with E-state index < -0.39 is 0 Å². The standard InChI is InChI=1S/C12H16N2/c1-8(2)11-10(13)6-5-9-4-3-7-14-12(9)11/h5-6,14H,1,3-4,7,13H2,2H3. The van der Waals surface area contributed by atoms with Crippen LogP contribution in [0.4, 0.5) is 11.4 Å². The molecule has 0 unspecified atom stereocenters. The minimum Gasteiger partial charge on any atom is -0.398 e. The van der Waals surface area contributed by atoms with Gasteiger partial charge in [0, 0.05) is 23.5 Å². The second-order valence-corrected chi connectivity index (χ2v) is 3.87. The highest BCUT2D eigenvalue weighted by molar-refractivity contribution is 5.84. The molecule has 1 aliphatic rings. The van der Waals surface area contributed by atoms with Gasteiger partial charge in [-0.3, -0.25) is 0 Å². The Morgan fingerprint density at radius 3 is 3.00 bits per heavy atom. The van der Waals surface area contributed by atoms with Crippen LogP contribution in [0, 0.1) is 0 Å². The number of aryl methyl sites for hydroxylation is 1. The van der Waals surface area contributed by atoms with Crippen molar-refractivity contribution >= 4 is 16.9 Å². The van der Waals surface area contributed by atoms with Crippen molar-refractivity contribution in [1.82, 2.24) is 0 Å². The van der Waals surface area contributed by atoms with Gasteiger partial charge in [-0.15, -0.1) is 0 Å². The summed E-state index contributed by atoms with van der Waals surface area (Å²) in [5.74, 6) is 0. The van der Waals surface area contributed by atoms with E-state index in [1.165, 1.54) is 17.7 Å². The van der Waals surface area contributed by atoms with Gasteiger partial charge in [0.25, 0.3) is 0 Å². The molecular weight excluding hydrogens is 172 g/mol. The van der Waals surface area contributed by atoms with E-state index in [0.29, 0.717) is 0 Å². The molecule has 0 bridgehead atoms. The van der Waals surface area contributed by atoms with Gasteiger partial charge in [-0.1, -0.05) is 12.6 Å². The SMILES string of the molecule is C=C(C)c1c(N)ccc2c1NCCC2. The van der Waals surface area contributed by atoms with Crippen LogP contribution in [0.3, 0.4) is 0 Å². The molecule has 2 rings (SSSR count). The molecule has 2 heteroatoms. The number of nitrogen functional groups attached to an aromatic ring is 1. The van der Waals surface area contributed by atoms with Crippen LogP contribution in [0.15, 0.2) is 18.7 Å². The minimum atomic E-state index is 0.825. The first kappa shape index (κ1) is 9.13. The van der Waals surface area contributed by atoms with E-state index in [-0.39, 0.29) is 0 Å². The first-order chi connectivity index (χ1) is 6.70. The van der Waals surface area contributed by atoms with Gasteiger partial charge in [-0.05, 0) is 37.0 Å². The fourth-order valence-electron chi connectivity index (χ4n) is 2.02. The monoisotopic (exact) mass is 188 g/mol. The Morgan fingerprint density at radius 1 is 1.50 bits per heavy atom. The third-order valence-electron chi connectivity index (χ3n) is 2.68. The lowest BCUT2D eigenvalue weighted by Gasteiger charge is -2.22. The topological polar surface area (TPSA) is 38.0 Å². The predicted molar refractivity (Wildman–Crippen MR) is 62.4 cm³/mol. The Labute approximate surface area is 84.8 Å². The molecule has 74 valence electrons. The van der Waals surface area contributed by atoms with Crippen LogP contribution < -0.4 is 11.1 Å². The first-order valence-corrected chi connectivity index (χ1v) is 5.01. The van der Waals surface area contributed by atoms with E-state index in [4.69, 9.17) is 5.73 Å². The average molecular weight is 188 g/mol. The van der Waals surface area contributed by atoms with Crippen molar-refractivity contribution in [3.8, 4) is 0 Å². The zero-order valence-corrected chi connectivity index (χ0v) is 8.56. The van der Waals surface area contributed by atoms with Gasteiger partial charge in [-0.25, -0.2) is 0 Å². The van der Waals surface area contributed by atoms with E-state index >= 15 is 0 Å². The van der Waals surface area contributed by atoms with Crippen molar-refractivity contribution in [2.45, 2.75) is 19.8 Å².